The first-order chi connectivity index (χ1) is 14.1. The van der Waals surface area contributed by atoms with Gasteiger partial charge in [0.15, 0.2) is 0 Å². The first-order valence-electron chi connectivity index (χ1n) is 9.23. The molecule has 1 saturated heterocycles. The van der Waals surface area contributed by atoms with Gasteiger partial charge in [0, 0.05) is 19.2 Å². The Hall–Kier alpha value is -2.66. The van der Waals surface area contributed by atoms with Crippen LogP contribution in [0.15, 0.2) is 47.4 Å². The summed E-state index contributed by atoms with van der Waals surface area (Å²) in [4.78, 5) is 10.4. The number of nitro benzene ring substituents is 1. The normalized spacial score (nSPS) is 16.1. The van der Waals surface area contributed by atoms with Crippen molar-refractivity contribution in [2.24, 2.45) is 0 Å². The fraction of sp³-hybridized carbons (Fsp3) is 0.368. The second kappa shape index (κ2) is 8.60. The second-order valence-corrected chi connectivity index (χ2v) is 8.77. The number of nitro groups is 1. The van der Waals surface area contributed by atoms with Crippen LogP contribution in [0.2, 0.25) is 0 Å². The van der Waals surface area contributed by atoms with E-state index in [4.69, 9.17) is 4.74 Å². The predicted molar refractivity (Wildman–Crippen MR) is 102 cm³/mol. The largest absolute Gasteiger partial charge is 0.450 e. The molecular weight excluding hydrogens is 425 g/mol. The molecule has 1 fully saturated rings. The summed E-state index contributed by atoms with van der Waals surface area (Å²) in [7, 11) is -3.93. The Labute approximate surface area is 171 Å². The molecule has 0 bridgehead atoms. The molecule has 11 heteroatoms. The molecule has 0 atom stereocenters. The molecule has 0 saturated carbocycles. The van der Waals surface area contributed by atoms with Gasteiger partial charge in [0.25, 0.3) is 0 Å². The number of nitrogens with zero attached hydrogens (tertiary/aromatic N) is 2. The minimum atomic E-state index is -4.60. The number of alkyl halides is 3. The van der Waals surface area contributed by atoms with Crippen LogP contribution in [0.4, 0.5) is 18.9 Å². The third-order valence-electron chi connectivity index (χ3n) is 4.72. The average Bonchev–Trinajstić information content (AvgIpc) is 2.97. The Kier molecular flexibility index (Phi) is 6.32. The van der Waals surface area contributed by atoms with Crippen LogP contribution >= 0.6 is 0 Å². The van der Waals surface area contributed by atoms with Crippen molar-refractivity contribution >= 4 is 15.7 Å². The minimum Gasteiger partial charge on any atom is -0.450 e. The summed E-state index contributed by atoms with van der Waals surface area (Å²) in [5, 5.41) is 11.5. The monoisotopic (exact) mass is 444 g/mol. The van der Waals surface area contributed by atoms with Gasteiger partial charge in [-0.2, -0.15) is 17.5 Å². The highest BCUT2D eigenvalue weighted by Crippen LogP contribution is 2.37. The summed E-state index contributed by atoms with van der Waals surface area (Å²) in [5.74, 6) is -0.606. The van der Waals surface area contributed by atoms with E-state index in [1.165, 1.54) is 10.4 Å². The molecule has 0 aromatic heterocycles. The van der Waals surface area contributed by atoms with Crippen LogP contribution in [0.5, 0.6) is 11.5 Å². The van der Waals surface area contributed by atoms with Gasteiger partial charge >= 0.3 is 11.9 Å². The molecule has 1 aliphatic heterocycles. The van der Waals surface area contributed by atoms with E-state index in [9.17, 15) is 31.7 Å². The van der Waals surface area contributed by atoms with Gasteiger partial charge in [0.1, 0.15) is 5.75 Å². The zero-order valence-electron chi connectivity index (χ0n) is 15.8. The van der Waals surface area contributed by atoms with Crippen LogP contribution in [0.25, 0.3) is 0 Å². The third-order valence-corrected chi connectivity index (χ3v) is 6.61. The maximum atomic E-state index is 12.9. The first kappa shape index (κ1) is 22.0. The Morgan fingerprint density at radius 3 is 2.27 bits per heavy atom. The van der Waals surface area contributed by atoms with E-state index in [-0.39, 0.29) is 16.4 Å². The topological polar surface area (TPSA) is 89.8 Å². The summed E-state index contributed by atoms with van der Waals surface area (Å²) in [6, 6.07) is 7.02. The van der Waals surface area contributed by atoms with E-state index in [1.807, 2.05) is 0 Å². The third kappa shape index (κ3) is 4.90. The molecule has 1 aliphatic rings. The molecule has 0 amide bonds. The number of hydrogen-bond acceptors (Lipinski definition) is 5. The molecule has 0 spiro atoms. The number of hydrogen-bond donors (Lipinski definition) is 0. The Bertz CT molecular complexity index is 1030. The molecule has 162 valence electrons. The van der Waals surface area contributed by atoms with Crippen molar-refractivity contribution in [1.82, 2.24) is 4.31 Å². The molecule has 0 aliphatic carbocycles. The van der Waals surface area contributed by atoms with Gasteiger partial charge in [-0.1, -0.05) is 18.9 Å². The molecule has 0 N–H and O–H groups in total. The lowest BCUT2D eigenvalue weighted by Crippen LogP contribution is -2.31. The zero-order chi connectivity index (χ0) is 21.9. The molecule has 3 rings (SSSR count). The molecular formula is C19H19F3N2O5S. The molecule has 0 unspecified atom stereocenters. The van der Waals surface area contributed by atoms with Crippen LogP contribution in [0.1, 0.15) is 31.2 Å². The zero-order valence-corrected chi connectivity index (χ0v) is 16.6. The molecule has 2 aromatic rings. The van der Waals surface area contributed by atoms with Crippen molar-refractivity contribution < 1.29 is 31.2 Å². The summed E-state index contributed by atoms with van der Waals surface area (Å²) in [6.45, 7) is 0.664. The van der Waals surface area contributed by atoms with E-state index in [1.54, 1.807) is 0 Å². The highest BCUT2D eigenvalue weighted by atomic mass is 32.2. The molecule has 30 heavy (non-hydrogen) atoms. The molecule has 7 nitrogen and oxygen atoms in total. The fourth-order valence-electron chi connectivity index (χ4n) is 3.18. The van der Waals surface area contributed by atoms with E-state index in [0.717, 1.165) is 43.2 Å². The van der Waals surface area contributed by atoms with Crippen molar-refractivity contribution in [2.45, 2.75) is 36.8 Å². The van der Waals surface area contributed by atoms with Gasteiger partial charge in [0.05, 0.1) is 15.4 Å². The van der Waals surface area contributed by atoms with Crippen molar-refractivity contribution in [3.05, 3.63) is 58.1 Å². The van der Waals surface area contributed by atoms with Crippen molar-refractivity contribution in [1.29, 1.82) is 0 Å². The highest BCUT2D eigenvalue weighted by Gasteiger charge is 2.31. The first-order valence-corrected chi connectivity index (χ1v) is 10.7. The van der Waals surface area contributed by atoms with Gasteiger partial charge in [0.2, 0.25) is 15.8 Å². The SMILES string of the molecule is O=[N+]([O-])c1cc(S(=O)(=O)N2CCCCCC2)ccc1Oc1cccc(C(F)(F)F)c1. The van der Waals surface area contributed by atoms with Crippen LogP contribution in [0.3, 0.4) is 0 Å². The number of benzene rings is 2. The Morgan fingerprint density at radius 1 is 1.00 bits per heavy atom. The Balaban J connectivity index is 1.94. The molecule has 1 heterocycles. The lowest BCUT2D eigenvalue weighted by molar-refractivity contribution is -0.385. The lowest BCUT2D eigenvalue weighted by Gasteiger charge is -2.20. The van der Waals surface area contributed by atoms with Gasteiger partial charge in [-0.15, -0.1) is 0 Å². The highest BCUT2D eigenvalue weighted by molar-refractivity contribution is 7.89. The van der Waals surface area contributed by atoms with E-state index in [2.05, 4.69) is 0 Å². The lowest BCUT2D eigenvalue weighted by atomic mass is 10.2. The smallest absolute Gasteiger partial charge is 0.416 e. The van der Waals surface area contributed by atoms with Crippen molar-refractivity contribution in [3.63, 3.8) is 0 Å². The summed E-state index contributed by atoms with van der Waals surface area (Å²) in [5.41, 5.74) is -1.62. The maximum absolute atomic E-state index is 12.9. The second-order valence-electron chi connectivity index (χ2n) is 6.83. The van der Waals surface area contributed by atoms with E-state index >= 15 is 0 Å². The van der Waals surface area contributed by atoms with Crippen LogP contribution in [-0.4, -0.2) is 30.7 Å². The van der Waals surface area contributed by atoms with Crippen molar-refractivity contribution in [3.8, 4) is 11.5 Å². The number of rotatable bonds is 5. The maximum Gasteiger partial charge on any atom is 0.416 e. The number of ether oxygens (including phenoxy) is 1. The number of sulfonamides is 1. The Morgan fingerprint density at radius 2 is 1.67 bits per heavy atom. The predicted octanol–water partition coefficient (Wildman–Crippen LogP) is 4.97. The van der Waals surface area contributed by atoms with Crippen LogP contribution in [0, 0.1) is 10.1 Å². The molecule has 2 aromatic carbocycles. The van der Waals surface area contributed by atoms with E-state index in [0.29, 0.717) is 32.0 Å². The average molecular weight is 444 g/mol. The minimum absolute atomic E-state index is 0.254. The summed E-state index contributed by atoms with van der Waals surface area (Å²) >= 11 is 0. The summed E-state index contributed by atoms with van der Waals surface area (Å²) in [6.07, 6.45) is -1.36. The summed E-state index contributed by atoms with van der Waals surface area (Å²) < 4.78 is 70.9. The standard InChI is InChI=1S/C19H19F3N2O5S/c20-19(21,22)14-6-5-7-15(12-14)29-18-9-8-16(13-17(18)24(25)26)30(27,28)23-10-3-1-2-4-11-23/h5-9,12-13H,1-4,10-11H2. The van der Waals surface area contributed by atoms with Gasteiger partial charge in [-0.25, -0.2) is 8.42 Å². The van der Waals surface area contributed by atoms with Crippen molar-refractivity contribution in [2.75, 3.05) is 13.1 Å². The number of halogens is 3. The van der Waals surface area contributed by atoms with Gasteiger partial charge in [-0.3, -0.25) is 10.1 Å². The fourth-order valence-corrected chi connectivity index (χ4v) is 4.72. The van der Waals surface area contributed by atoms with Crippen LogP contribution < -0.4 is 4.74 Å². The molecule has 0 radical (unpaired) electrons. The quantitative estimate of drug-likeness (QED) is 0.480. The van der Waals surface area contributed by atoms with Gasteiger partial charge < -0.3 is 4.74 Å². The van der Waals surface area contributed by atoms with Gasteiger partial charge in [-0.05, 0) is 43.2 Å². The van der Waals surface area contributed by atoms with E-state index < -0.39 is 32.4 Å². The van der Waals surface area contributed by atoms with Crippen LogP contribution in [-0.2, 0) is 16.2 Å².